The molecule has 54 valence electrons. The highest BCUT2D eigenvalue weighted by Crippen LogP contribution is 2.27. The normalized spacial score (nSPS) is 9.80. The highest BCUT2D eigenvalue weighted by atomic mass is 127. The Bertz CT molecular complexity index is 210. The van der Waals surface area contributed by atoms with Gasteiger partial charge in [0, 0.05) is 3.57 Å². The van der Waals surface area contributed by atoms with E-state index in [2.05, 4.69) is 0 Å². The summed E-state index contributed by atoms with van der Waals surface area (Å²) in [6.45, 7) is 0. The van der Waals surface area contributed by atoms with Crippen molar-refractivity contribution in [2.24, 2.45) is 0 Å². The smallest absolute Gasteiger partial charge is 0.129 e. The first-order chi connectivity index (χ1) is 4.61. The first kappa shape index (κ1) is 8.38. The Morgan fingerprint density at radius 1 is 1.20 bits per heavy atom. The minimum absolute atomic E-state index is 0.0391. The van der Waals surface area contributed by atoms with Crippen LogP contribution < -0.4 is 5.11 Å². The average Bonchev–Trinajstić information content (AvgIpc) is 1.84. The first-order valence-electron chi connectivity index (χ1n) is 2.46. The Labute approximate surface area is 85.5 Å². The molecule has 0 fully saturated rings. The van der Waals surface area contributed by atoms with Gasteiger partial charge in [-0.15, -0.1) is 0 Å². The van der Waals surface area contributed by atoms with Crippen LogP contribution in [0.15, 0.2) is 12.1 Å². The molecule has 0 unspecified atom stereocenters. The Balaban J connectivity index is 3.28. The van der Waals surface area contributed by atoms with Crippen LogP contribution in [0.3, 0.4) is 0 Å². The standard InChI is InChI=1S/C6H4I2O2/c7-3-1-5(9)4(8)2-6(3)10/h1-2,9-10H/p-1. The quantitative estimate of drug-likeness (QED) is 0.715. The van der Waals surface area contributed by atoms with E-state index in [9.17, 15) is 5.11 Å². The third-order valence-electron chi connectivity index (χ3n) is 1.00. The van der Waals surface area contributed by atoms with Crippen molar-refractivity contribution in [1.29, 1.82) is 0 Å². The summed E-state index contributed by atoms with van der Waals surface area (Å²) < 4.78 is 1.15. The van der Waals surface area contributed by atoms with Gasteiger partial charge in [-0.3, -0.25) is 0 Å². The molecule has 4 heteroatoms. The van der Waals surface area contributed by atoms with E-state index in [0.29, 0.717) is 7.14 Å². The molecular weight excluding hydrogens is 358 g/mol. The number of halogens is 2. The zero-order valence-electron chi connectivity index (χ0n) is 4.77. The lowest BCUT2D eigenvalue weighted by molar-refractivity contribution is -0.269. The van der Waals surface area contributed by atoms with Crippen LogP contribution in [-0.2, 0) is 0 Å². The highest BCUT2D eigenvalue weighted by molar-refractivity contribution is 14.1. The largest absolute Gasteiger partial charge is 0.872 e. The summed E-state index contributed by atoms with van der Waals surface area (Å²) in [4.78, 5) is 0. The molecule has 0 amide bonds. The summed E-state index contributed by atoms with van der Waals surface area (Å²) in [5.74, 6) is 0.132. The van der Waals surface area contributed by atoms with Gasteiger partial charge in [0.2, 0.25) is 0 Å². The SMILES string of the molecule is [O-]c1cc(I)c(O)cc1I. The summed E-state index contributed by atoms with van der Waals surface area (Å²) in [5, 5.41) is 19.9. The Hall–Kier alpha value is 0.280. The molecule has 2 nitrogen and oxygen atoms in total. The number of hydrogen-bond acceptors (Lipinski definition) is 2. The van der Waals surface area contributed by atoms with Crippen LogP contribution in [0.1, 0.15) is 0 Å². The fraction of sp³-hybridized carbons (Fsp3) is 0. The summed E-state index contributed by atoms with van der Waals surface area (Å²) in [7, 11) is 0. The monoisotopic (exact) mass is 361 g/mol. The number of rotatable bonds is 0. The molecule has 0 aromatic heterocycles. The van der Waals surface area contributed by atoms with Gasteiger partial charge in [-0.2, -0.15) is 0 Å². The number of phenols is 1. The maximum atomic E-state index is 10.9. The molecule has 1 aromatic carbocycles. The highest BCUT2D eigenvalue weighted by Gasteiger charge is 1.97. The van der Waals surface area contributed by atoms with E-state index < -0.39 is 0 Å². The van der Waals surface area contributed by atoms with Gasteiger partial charge in [0.1, 0.15) is 5.75 Å². The van der Waals surface area contributed by atoms with E-state index >= 15 is 0 Å². The minimum Gasteiger partial charge on any atom is -0.872 e. The number of phenolic OH excluding ortho intramolecular Hbond substituents is 1. The van der Waals surface area contributed by atoms with Crippen molar-refractivity contribution in [2.75, 3.05) is 0 Å². The van der Waals surface area contributed by atoms with Crippen LogP contribution in [0.5, 0.6) is 11.5 Å². The van der Waals surface area contributed by atoms with Gasteiger partial charge in [0.25, 0.3) is 0 Å². The first-order valence-corrected chi connectivity index (χ1v) is 4.62. The van der Waals surface area contributed by atoms with Gasteiger partial charge in [-0.25, -0.2) is 0 Å². The van der Waals surface area contributed by atoms with Crippen LogP contribution in [-0.4, -0.2) is 5.11 Å². The van der Waals surface area contributed by atoms with Gasteiger partial charge in [0.05, 0.1) is 3.57 Å². The second-order valence-corrected chi connectivity index (χ2v) is 4.06. The second kappa shape index (κ2) is 3.12. The van der Waals surface area contributed by atoms with Crippen molar-refractivity contribution in [1.82, 2.24) is 0 Å². The van der Waals surface area contributed by atoms with Crippen LogP contribution in [0.2, 0.25) is 0 Å². The summed E-state index contributed by atoms with van der Waals surface area (Å²) in [5.41, 5.74) is 0. The van der Waals surface area contributed by atoms with Crippen LogP contribution in [0.25, 0.3) is 0 Å². The van der Waals surface area contributed by atoms with E-state index in [1.807, 2.05) is 45.2 Å². The van der Waals surface area contributed by atoms with Gasteiger partial charge in [-0.1, -0.05) is 11.8 Å². The van der Waals surface area contributed by atoms with Crippen molar-refractivity contribution >= 4 is 45.2 Å². The van der Waals surface area contributed by atoms with Gasteiger partial charge in [0.15, 0.2) is 0 Å². The molecule has 1 N–H and O–H groups in total. The Morgan fingerprint density at radius 3 is 2.30 bits per heavy atom. The van der Waals surface area contributed by atoms with Crippen molar-refractivity contribution in [3.8, 4) is 11.5 Å². The van der Waals surface area contributed by atoms with Gasteiger partial charge < -0.3 is 10.2 Å². The van der Waals surface area contributed by atoms with E-state index in [1.165, 1.54) is 12.1 Å². The van der Waals surface area contributed by atoms with Gasteiger partial charge >= 0.3 is 0 Å². The summed E-state index contributed by atoms with van der Waals surface area (Å²) in [6, 6.07) is 2.88. The molecule has 0 saturated heterocycles. The molecule has 0 heterocycles. The maximum Gasteiger partial charge on any atom is 0.129 e. The lowest BCUT2D eigenvalue weighted by Crippen LogP contribution is -1.93. The van der Waals surface area contributed by atoms with Crippen molar-refractivity contribution in [3.05, 3.63) is 19.3 Å². The molecule has 0 bridgehead atoms. The van der Waals surface area contributed by atoms with Crippen molar-refractivity contribution < 1.29 is 10.2 Å². The summed E-state index contributed by atoms with van der Waals surface area (Å²) >= 11 is 3.80. The molecule has 0 aliphatic rings. The van der Waals surface area contributed by atoms with E-state index in [1.54, 1.807) is 0 Å². The van der Waals surface area contributed by atoms with Crippen LogP contribution in [0, 0.1) is 7.14 Å². The molecule has 0 radical (unpaired) electrons. The number of aromatic hydroxyl groups is 1. The topological polar surface area (TPSA) is 43.3 Å². The number of benzene rings is 1. The van der Waals surface area contributed by atoms with Crippen LogP contribution >= 0.6 is 45.2 Å². The second-order valence-electron chi connectivity index (χ2n) is 1.73. The molecule has 1 aromatic rings. The summed E-state index contributed by atoms with van der Waals surface area (Å²) in [6.07, 6.45) is 0. The zero-order chi connectivity index (χ0) is 7.72. The predicted molar refractivity (Wildman–Crippen MR) is 53.0 cm³/mol. The van der Waals surface area contributed by atoms with E-state index in [-0.39, 0.29) is 11.5 Å². The van der Waals surface area contributed by atoms with Gasteiger partial charge in [-0.05, 0) is 51.2 Å². The molecule has 0 aliphatic carbocycles. The Morgan fingerprint density at radius 2 is 1.80 bits per heavy atom. The van der Waals surface area contributed by atoms with Crippen molar-refractivity contribution in [3.63, 3.8) is 0 Å². The maximum absolute atomic E-state index is 10.9. The molecule has 0 saturated carbocycles. The lowest BCUT2D eigenvalue weighted by Gasteiger charge is -2.09. The molecule has 0 atom stereocenters. The van der Waals surface area contributed by atoms with E-state index in [0.717, 1.165) is 0 Å². The Kier molecular flexibility index (Phi) is 2.61. The molecule has 0 spiro atoms. The molecular formula is C6H3I2O2-. The van der Waals surface area contributed by atoms with Crippen molar-refractivity contribution in [2.45, 2.75) is 0 Å². The third-order valence-corrected chi connectivity index (χ3v) is 2.71. The predicted octanol–water partition coefficient (Wildman–Crippen LogP) is 1.67. The fourth-order valence-electron chi connectivity index (χ4n) is 0.518. The zero-order valence-corrected chi connectivity index (χ0v) is 9.08. The van der Waals surface area contributed by atoms with Crippen LogP contribution in [0.4, 0.5) is 0 Å². The fourth-order valence-corrected chi connectivity index (χ4v) is 1.41. The van der Waals surface area contributed by atoms with E-state index in [4.69, 9.17) is 5.11 Å². The lowest BCUT2D eigenvalue weighted by atomic mass is 10.3. The molecule has 10 heavy (non-hydrogen) atoms. The molecule has 0 aliphatic heterocycles. The number of hydrogen-bond donors (Lipinski definition) is 1. The molecule has 1 rings (SSSR count). The third kappa shape index (κ3) is 1.66. The minimum atomic E-state index is -0.0391. The average molecular weight is 361 g/mol.